The molecule has 0 spiro atoms. The Morgan fingerprint density at radius 1 is 1.12 bits per heavy atom. The third-order valence-corrected chi connectivity index (χ3v) is 4.00. The first-order chi connectivity index (χ1) is 12.6. The van der Waals surface area contributed by atoms with Crippen LogP contribution in [0.3, 0.4) is 0 Å². The number of hydrogen-bond donors (Lipinski definition) is 1. The summed E-state index contributed by atoms with van der Waals surface area (Å²) in [4.78, 5) is 24.1. The molecule has 0 aromatic heterocycles. The Morgan fingerprint density at radius 3 is 2.62 bits per heavy atom. The Bertz CT molecular complexity index is 897. The van der Waals surface area contributed by atoms with Crippen molar-refractivity contribution in [3.8, 4) is 5.75 Å². The summed E-state index contributed by atoms with van der Waals surface area (Å²) in [5, 5.41) is 2.65. The Morgan fingerprint density at radius 2 is 1.88 bits per heavy atom. The quantitative estimate of drug-likeness (QED) is 0.665. The molecule has 0 radical (unpaired) electrons. The molecule has 132 valence electrons. The molecule has 26 heavy (non-hydrogen) atoms. The van der Waals surface area contributed by atoms with Crippen molar-refractivity contribution in [3.63, 3.8) is 0 Å². The number of amides is 1. The first kappa shape index (κ1) is 17.5. The van der Waals surface area contributed by atoms with Crippen molar-refractivity contribution in [2.45, 2.75) is 13.5 Å². The lowest BCUT2D eigenvalue weighted by Gasteiger charge is -2.07. The summed E-state index contributed by atoms with van der Waals surface area (Å²) in [5.41, 5.74) is 2.86. The lowest BCUT2D eigenvalue weighted by atomic mass is 10.0. The number of nitrogens with one attached hydrogen (secondary N) is 1. The van der Waals surface area contributed by atoms with Gasteiger partial charge in [0, 0.05) is 5.70 Å². The molecule has 0 fully saturated rings. The molecule has 1 N–H and O–H groups in total. The van der Waals surface area contributed by atoms with E-state index in [1.165, 1.54) is 7.11 Å². The molecular weight excluding hydrogens is 330 g/mol. The number of methoxy groups -OCH3 is 1. The van der Waals surface area contributed by atoms with Crippen LogP contribution in [0.15, 0.2) is 71.4 Å². The Hall–Kier alpha value is -3.34. The molecule has 5 heteroatoms. The number of hydrogen-bond acceptors (Lipinski definition) is 4. The fourth-order valence-corrected chi connectivity index (χ4v) is 2.72. The van der Waals surface area contributed by atoms with Crippen molar-refractivity contribution in [2.75, 3.05) is 7.11 Å². The average molecular weight is 349 g/mol. The molecule has 1 aliphatic heterocycles. The first-order valence-corrected chi connectivity index (χ1v) is 8.18. The van der Waals surface area contributed by atoms with Gasteiger partial charge in [0.15, 0.2) is 0 Å². The van der Waals surface area contributed by atoms with Gasteiger partial charge < -0.3 is 14.8 Å². The fraction of sp³-hybridized carbons (Fsp3) is 0.143. The second-order valence-electron chi connectivity index (χ2n) is 5.85. The molecule has 1 amide bonds. The number of benzene rings is 2. The van der Waals surface area contributed by atoms with Crippen molar-refractivity contribution in [1.82, 2.24) is 5.32 Å². The lowest BCUT2D eigenvalue weighted by Crippen LogP contribution is -2.15. The number of ether oxygens (including phenoxy) is 2. The van der Waals surface area contributed by atoms with E-state index < -0.39 is 5.97 Å². The smallest absolute Gasteiger partial charge is 0.340 e. The van der Waals surface area contributed by atoms with Crippen LogP contribution >= 0.6 is 0 Å². The van der Waals surface area contributed by atoms with E-state index in [4.69, 9.17) is 9.47 Å². The van der Waals surface area contributed by atoms with E-state index in [0.29, 0.717) is 18.1 Å². The van der Waals surface area contributed by atoms with Crippen LogP contribution < -0.4 is 10.1 Å². The van der Waals surface area contributed by atoms with Crippen molar-refractivity contribution >= 4 is 18.0 Å². The van der Waals surface area contributed by atoms with E-state index in [1.807, 2.05) is 54.6 Å². The van der Waals surface area contributed by atoms with Crippen LogP contribution in [0, 0.1) is 0 Å². The van der Waals surface area contributed by atoms with Crippen LogP contribution in [-0.2, 0) is 20.9 Å². The number of esters is 1. The fourth-order valence-electron chi connectivity index (χ4n) is 2.72. The van der Waals surface area contributed by atoms with Gasteiger partial charge in [-0.2, -0.15) is 0 Å². The molecule has 0 unspecified atom stereocenters. The van der Waals surface area contributed by atoms with Crippen LogP contribution in [-0.4, -0.2) is 19.0 Å². The summed E-state index contributed by atoms with van der Waals surface area (Å²) < 4.78 is 10.6. The molecule has 5 nitrogen and oxygen atoms in total. The molecule has 0 saturated heterocycles. The highest BCUT2D eigenvalue weighted by atomic mass is 16.5. The highest BCUT2D eigenvalue weighted by Crippen LogP contribution is 2.26. The van der Waals surface area contributed by atoms with Crippen molar-refractivity contribution < 1.29 is 19.1 Å². The van der Waals surface area contributed by atoms with Gasteiger partial charge in [-0.3, -0.25) is 4.79 Å². The van der Waals surface area contributed by atoms with Gasteiger partial charge in [0.2, 0.25) is 0 Å². The zero-order chi connectivity index (χ0) is 18.5. The topological polar surface area (TPSA) is 64.6 Å². The van der Waals surface area contributed by atoms with Crippen molar-refractivity contribution in [1.29, 1.82) is 0 Å². The summed E-state index contributed by atoms with van der Waals surface area (Å²) in [5.74, 6) is -0.177. The van der Waals surface area contributed by atoms with E-state index in [0.717, 1.165) is 11.1 Å². The molecule has 3 rings (SSSR count). The van der Waals surface area contributed by atoms with E-state index in [9.17, 15) is 9.59 Å². The summed E-state index contributed by atoms with van der Waals surface area (Å²) in [7, 11) is 1.29. The van der Waals surface area contributed by atoms with Crippen LogP contribution in [0.5, 0.6) is 5.75 Å². The van der Waals surface area contributed by atoms with Gasteiger partial charge in [-0.15, -0.1) is 0 Å². The van der Waals surface area contributed by atoms with E-state index in [1.54, 1.807) is 13.0 Å². The summed E-state index contributed by atoms with van der Waals surface area (Å²) in [6.45, 7) is 2.12. The molecule has 1 heterocycles. The van der Waals surface area contributed by atoms with Crippen LogP contribution in [0.4, 0.5) is 0 Å². The molecule has 2 aromatic carbocycles. The minimum absolute atomic E-state index is 0.258. The van der Waals surface area contributed by atoms with Crippen LogP contribution in [0.25, 0.3) is 6.08 Å². The molecule has 0 atom stereocenters. The lowest BCUT2D eigenvalue weighted by molar-refractivity contribution is -0.136. The maximum absolute atomic E-state index is 12.2. The van der Waals surface area contributed by atoms with Crippen LogP contribution in [0.1, 0.15) is 18.1 Å². The molecule has 2 aromatic rings. The monoisotopic (exact) mass is 349 g/mol. The van der Waals surface area contributed by atoms with Crippen molar-refractivity contribution in [2.24, 2.45) is 0 Å². The van der Waals surface area contributed by atoms with Gasteiger partial charge in [0.25, 0.3) is 5.91 Å². The molecular formula is C21H19NO4. The maximum atomic E-state index is 12.2. The predicted octanol–water partition coefficient (Wildman–Crippen LogP) is 3.23. The summed E-state index contributed by atoms with van der Waals surface area (Å²) in [6, 6.07) is 17.2. The summed E-state index contributed by atoms with van der Waals surface area (Å²) in [6.07, 6.45) is 1.66. The van der Waals surface area contributed by atoms with Gasteiger partial charge in [0.1, 0.15) is 12.4 Å². The molecule has 0 saturated carbocycles. The predicted molar refractivity (Wildman–Crippen MR) is 98.1 cm³/mol. The van der Waals surface area contributed by atoms with Gasteiger partial charge in [0.05, 0.1) is 18.3 Å². The van der Waals surface area contributed by atoms with Gasteiger partial charge >= 0.3 is 5.97 Å². The molecule has 0 bridgehead atoms. The van der Waals surface area contributed by atoms with E-state index in [2.05, 4.69) is 5.32 Å². The number of carbonyl (C=O) groups excluding carboxylic acids is 2. The van der Waals surface area contributed by atoms with Gasteiger partial charge in [-0.1, -0.05) is 42.5 Å². The van der Waals surface area contributed by atoms with Gasteiger partial charge in [-0.25, -0.2) is 4.79 Å². The highest BCUT2D eigenvalue weighted by molar-refractivity contribution is 6.16. The molecule has 0 aliphatic carbocycles. The standard InChI is InChI=1S/C21H19NO4/c1-14-19(21(24)25-2)18(20(23)22-14)12-16-9-6-10-17(11-16)26-13-15-7-4-3-5-8-15/h3-12H,13H2,1-2H3,(H,22,23)/b18-12-. The Labute approximate surface area is 151 Å². The average Bonchev–Trinajstić information content (AvgIpc) is 2.94. The minimum atomic E-state index is -0.538. The van der Waals surface area contributed by atoms with E-state index in [-0.39, 0.29) is 17.1 Å². The number of rotatable bonds is 5. The zero-order valence-corrected chi connectivity index (χ0v) is 14.6. The van der Waals surface area contributed by atoms with Crippen molar-refractivity contribution in [3.05, 3.63) is 82.6 Å². The normalized spacial score (nSPS) is 15.2. The SMILES string of the molecule is COC(=O)C1=C(C)NC(=O)/C1=C\c1cccc(OCc2ccccc2)c1. The Kier molecular flexibility index (Phi) is 5.17. The second kappa shape index (κ2) is 7.70. The first-order valence-electron chi connectivity index (χ1n) is 8.18. The number of allylic oxidation sites excluding steroid dienone is 1. The second-order valence-corrected chi connectivity index (χ2v) is 5.85. The number of carbonyl (C=O) groups is 2. The van der Waals surface area contributed by atoms with Gasteiger partial charge in [-0.05, 0) is 36.3 Å². The van der Waals surface area contributed by atoms with Crippen LogP contribution in [0.2, 0.25) is 0 Å². The minimum Gasteiger partial charge on any atom is -0.489 e. The summed E-state index contributed by atoms with van der Waals surface area (Å²) >= 11 is 0. The third kappa shape index (κ3) is 3.83. The zero-order valence-electron chi connectivity index (χ0n) is 14.6. The maximum Gasteiger partial charge on any atom is 0.340 e. The third-order valence-electron chi connectivity index (χ3n) is 4.00. The highest BCUT2D eigenvalue weighted by Gasteiger charge is 2.30. The van der Waals surface area contributed by atoms with E-state index >= 15 is 0 Å². The Balaban J connectivity index is 1.82. The molecule has 1 aliphatic rings. The largest absolute Gasteiger partial charge is 0.489 e.